The van der Waals surface area contributed by atoms with Crippen LogP contribution in [0.2, 0.25) is 0 Å². The van der Waals surface area contributed by atoms with Crippen molar-refractivity contribution < 1.29 is 26.7 Å². The maximum Gasteiger partial charge on any atom is 0.417 e. The van der Waals surface area contributed by atoms with Crippen molar-refractivity contribution in [1.29, 1.82) is 0 Å². The van der Waals surface area contributed by atoms with Crippen LogP contribution in [0.25, 0.3) is 0 Å². The fraction of sp³-hybridized carbons (Fsp3) is 0.375. The SMILES string of the molecule is COc1nc(C(F)F)cc(C(F)(F)F)c1I. The average Bonchev–Trinajstić information content (AvgIpc) is 2.15. The summed E-state index contributed by atoms with van der Waals surface area (Å²) in [4.78, 5) is 3.28. The number of pyridine rings is 1. The number of hydrogen-bond donors (Lipinski definition) is 0. The lowest BCUT2D eigenvalue weighted by atomic mass is 10.2. The van der Waals surface area contributed by atoms with E-state index in [4.69, 9.17) is 0 Å². The van der Waals surface area contributed by atoms with Crippen LogP contribution in [0.4, 0.5) is 22.0 Å². The molecular weight excluding hydrogens is 348 g/mol. The van der Waals surface area contributed by atoms with Gasteiger partial charge in [-0.2, -0.15) is 13.2 Å². The van der Waals surface area contributed by atoms with Gasteiger partial charge in [0.2, 0.25) is 5.88 Å². The van der Waals surface area contributed by atoms with E-state index in [9.17, 15) is 22.0 Å². The molecule has 0 radical (unpaired) electrons. The molecular formula is C8H5F5INO. The van der Waals surface area contributed by atoms with Gasteiger partial charge in [0.05, 0.1) is 16.2 Å². The first kappa shape index (κ1) is 13.4. The van der Waals surface area contributed by atoms with Gasteiger partial charge in [0.1, 0.15) is 5.69 Å². The molecule has 0 aliphatic rings. The predicted octanol–water partition coefficient (Wildman–Crippen LogP) is 3.65. The molecule has 2 nitrogen and oxygen atoms in total. The highest BCUT2D eigenvalue weighted by molar-refractivity contribution is 14.1. The number of hydrogen-bond acceptors (Lipinski definition) is 2. The van der Waals surface area contributed by atoms with E-state index in [2.05, 4.69) is 9.72 Å². The Hall–Kier alpha value is -0.670. The van der Waals surface area contributed by atoms with Gasteiger partial charge in [-0.3, -0.25) is 0 Å². The highest BCUT2D eigenvalue weighted by Gasteiger charge is 2.36. The summed E-state index contributed by atoms with van der Waals surface area (Å²) in [7, 11) is 1.07. The largest absolute Gasteiger partial charge is 0.480 e. The first-order valence-corrected chi connectivity index (χ1v) is 4.95. The zero-order valence-electron chi connectivity index (χ0n) is 7.78. The summed E-state index contributed by atoms with van der Waals surface area (Å²) in [5.74, 6) is -0.453. The summed E-state index contributed by atoms with van der Waals surface area (Å²) in [6, 6.07) is 0.328. The van der Waals surface area contributed by atoms with Gasteiger partial charge < -0.3 is 4.74 Å². The third kappa shape index (κ3) is 2.71. The molecule has 0 N–H and O–H groups in total. The van der Waals surface area contributed by atoms with Crippen LogP contribution in [-0.2, 0) is 6.18 Å². The second kappa shape index (κ2) is 4.68. The van der Waals surface area contributed by atoms with Crippen LogP contribution >= 0.6 is 22.6 Å². The number of aromatic nitrogens is 1. The predicted molar refractivity (Wildman–Crippen MR) is 53.5 cm³/mol. The molecule has 8 heteroatoms. The van der Waals surface area contributed by atoms with Gasteiger partial charge in [0.25, 0.3) is 6.43 Å². The lowest BCUT2D eigenvalue weighted by molar-refractivity contribution is -0.138. The Balaban J connectivity index is 3.42. The number of nitrogens with zero attached hydrogens (tertiary/aromatic N) is 1. The molecule has 1 aromatic heterocycles. The average molecular weight is 353 g/mol. The second-order valence-corrected chi connectivity index (χ2v) is 3.80. The minimum Gasteiger partial charge on any atom is -0.480 e. The van der Waals surface area contributed by atoms with Gasteiger partial charge in [0, 0.05) is 0 Å². The lowest BCUT2D eigenvalue weighted by Gasteiger charge is -2.13. The zero-order chi connectivity index (χ0) is 12.5. The smallest absolute Gasteiger partial charge is 0.417 e. The van der Waals surface area contributed by atoms with Gasteiger partial charge in [-0.1, -0.05) is 0 Å². The summed E-state index contributed by atoms with van der Waals surface area (Å²) in [6.45, 7) is 0. The van der Waals surface area contributed by atoms with Crippen LogP contribution in [0.15, 0.2) is 6.07 Å². The number of alkyl halides is 5. The third-order valence-electron chi connectivity index (χ3n) is 1.67. The highest BCUT2D eigenvalue weighted by atomic mass is 127. The molecule has 0 amide bonds. The topological polar surface area (TPSA) is 22.1 Å². The van der Waals surface area contributed by atoms with Crippen molar-refractivity contribution in [1.82, 2.24) is 4.98 Å². The molecule has 0 aliphatic heterocycles. The number of methoxy groups -OCH3 is 1. The van der Waals surface area contributed by atoms with Gasteiger partial charge >= 0.3 is 6.18 Å². The molecule has 16 heavy (non-hydrogen) atoms. The molecule has 90 valence electrons. The number of halogens is 6. The molecule has 1 rings (SSSR count). The van der Waals surface area contributed by atoms with Crippen molar-refractivity contribution in [2.24, 2.45) is 0 Å². The Bertz CT molecular complexity index is 393. The van der Waals surface area contributed by atoms with Crippen molar-refractivity contribution in [2.75, 3.05) is 7.11 Å². The maximum atomic E-state index is 12.5. The Kier molecular flexibility index (Phi) is 3.92. The van der Waals surface area contributed by atoms with Crippen LogP contribution < -0.4 is 4.74 Å². The van der Waals surface area contributed by atoms with Crippen LogP contribution in [-0.4, -0.2) is 12.1 Å². The van der Waals surface area contributed by atoms with Crippen LogP contribution in [0.1, 0.15) is 17.7 Å². The zero-order valence-corrected chi connectivity index (χ0v) is 9.94. The second-order valence-electron chi connectivity index (χ2n) is 2.72. The van der Waals surface area contributed by atoms with Crippen molar-refractivity contribution in [3.63, 3.8) is 0 Å². The molecule has 0 aromatic carbocycles. The molecule has 0 fully saturated rings. The van der Waals surface area contributed by atoms with Gasteiger partial charge in [-0.15, -0.1) is 0 Å². The molecule has 0 saturated heterocycles. The molecule has 1 heterocycles. The summed E-state index contributed by atoms with van der Waals surface area (Å²) in [5, 5.41) is 0. The van der Waals surface area contributed by atoms with Crippen molar-refractivity contribution in [3.05, 3.63) is 20.9 Å². The molecule has 1 aromatic rings. The van der Waals surface area contributed by atoms with Crippen LogP contribution in [0, 0.1) is 3.57 Å². The number of ether oxygens (including phenoxy) is 1. The number of rotatable bonds is 2. The molecule has 0 bridgehead atoms. The van der Waals surface area contributed by atoms with E-state index in [1.807, 2.05) is 0 Å². The Morgan fingerprint density at radius 2 is 1.94 bits per heavy atom. The molecule has 0 spiro atoms. The highest BCUT2D eigenvalue weighted by Crippen LogP contribution is 2.37. The van der Waals surface area contributed by atoms with Crippen LogP contribution in [0.5, 0.6) is 5.88 Å². The van der Waals surface area contributed by atoms with Crippen molar-refractivity contribution in [3.8, 4) is 5.88 Å². The monoisotopic (exact) mass is 353 g/mol. The fourth-order valence-corrected chi connectivity index (χ4v) is 1.78. The maximum absolute atomic E-state index is 12.5. The first-order valence-electron chi connectivity index (χ1n) is 3.87. The standard InChI is InChI=1S/C8H5F5INO/c1-16-7-5(14)3(8(11,12)13)2-4(15-7)6(9)10/h2,6H,1H3. The van der Waals surface area contributed by atoms with E-state index in [-0.39, 0.29) is 3.57 Å². The molecule has 0 saturated carbocycles. The van der Waals surface area contributed by atoms with Gasteiger partial charge in [-0.05, 0) is 28.7 Å². The summed E-state index contributed by atoms with van der Waals surface area (Å²) in [5.41, 5.74) is -2.13. The summed E-state index contributed by atoms with van der Waals surface area (Å²) >= 11 is 1.35. The Labute approximate surface area is 101 Å². The summed E-state index contributed by atoms with van der Waals surface area (Å²) in [6.07, 6.45) is -7.79. The first-order chi connectivity index (χ1) is 7.27. The van der Waals surface area contributed by atoms with E-state index in [1.54, 1.807) is 0 Å². The molecule has 0 aliphatic carbocycles. The van der Waals surface area contributed by atoms with E-state index >= 15 is 0 Å². The minimum atomic E-state index is -4.71. The molecule has 0 atom stereocenters. The van der Waals surface area contributed by atoms with E-state index in [1.165, 1.54) is 22.6 Å². The van der Waals surface area contributed by atoms with Crippen molar-refractivity contribution >= 4 is 22.6 Å². The Morgan fingerprint density at radius 1 is 1.38 bits per heavy atom. The quantitative estimate of drug-likeness (QED) is 0.598. The fourth-order valence-electron chi connectivity index (χ4n) is 0.978. The lowest BCUT2D eigenvalue weighted by Crippen LogP contribution is -2.11. The van der Waals surface area contributed by atoms with E-state index < -0.39 is 29.7 Å². The molecule has 0 unspecified atom stereocenters. The van der Waals surface area contributed by atoms with E-state index in [0.717, 1.165) is 7.11 Å². The minimum absolute atomic E-state index is 0.328. The van der Waals surface area contributed by atoms with Crippen LogP contribution in [0.3, 0.4) is 0 Å². The van der Waals surface area contributed by atoms with Gasteiger partial charge in [0.15, 0.2) is 0 Å². The normalized spacial score (nSPS) is 12.0. The van der Waals surface area contributed by atoms with Crippen molar-refractivity contribution in [2.45, 2.75) is 12.6 Å². The Morgan fingerprint density at radius 3 is 2.31 bits per heavy atom. The van der Waals surface area contributed by atoms with Gasteiger partial charge in [-0.25, -0.2) is 13.8 Å². The van der Waals surface area contributed by atoms with E-state index in [0.29, 0.717) is 6.07 Å². The summed E-state index contributed by atoms with van der Waals surface area (Å²) < 4.78 is 66.2. The third-order valence-corrected chi connectivity index (χ3v) is 2.71.